The van der Waals surface area contributed by atoms with Crippen LogP contribution in [0.15, 0.2) is 72.5 Å². The van der Waals surface area contributed by atoms with Crippen molar-refractivity contribution in [3.63, 3.8) is 0 Å². The number of aliphatic hydroxyl groups is 2. The molecule has 0 spiro atoms. The van der Waals surface area contributed by atoms with E-state index >= 15 is 0 Å². The van der Waals surface area contributed by atoms with Crippen LogP contribution in [0.3, 0.4) is 0 Å². The van der Waals surface area contributed by atoms with Crippen molar-refractivity contribution < 1.29 is 24.2 Å². The molecule has 3 N–H and O–H groups in total. The van der Waals surface area contributed by atoms with Crippen LogP contribution in [0.2, 0.25) is 0 Å². The fourth-order valence-corrected chi connectivity index (χ4v) is 4.75. The highest BCUT2D eigenvalue weighted by Gasteiger charge is 2.38. The number of nitrogens with one attached hydrogen (secondary N) is 1. The van der Waals surface area contributed by atoms with E-state index < -0.39 is 29.8 Å². The lowest BCUT2D eigenvalue weighted by Crippen LogP contribution is -2.52. The van der Waals surface area contributed by atoms with Crippen LogP contribution in [0.25, 0.3) is 0 Å². The number of allylic oxidation sites excluding steroid dienone is 5. The largest absolute Gasteiger partial charge is 0.380 e. The SMILES string of the molecule is C=C/C(F)=C(\C=C)Cc1csc(CCNC(=O)C(O)C(O)C(=O)N2CCCC2C(=C)/C=C\C)c1. The molecule has 1 fully saturated rings. The maximum Gasteiger partial charge on any atom is 0.255 e. The monoisotopic (exact) mass is 488 g/mol. The third-order valence-corrected chi connectivity index (χ3v) is 6.72. The number of thiophene rings is 1. The summed E-state index contributed by atoms with van der Waals surface area (Å²) < 4.78 is 13.7. The molecule has 0 aliphatic carbocycles. The quantitative estimate of drug-likeness (QED) is 0.394. The summed E-state index contributed by atoms with van der Waals surface area (Å²) in [5.41, 5.74) is 2.11. The fraction of sp³-hybridized carbons (Fsp3) is 0.385. The second kappa shape index (κ2) is 13.2. The molecule has 1 aromatic heterocycles. The van der Waals surface area contributed by atoms with Crippen LogP contribution in [-0.4, -0.2) is 58.3 Å². The normalized spacial score (nSPS) is 18.4. The van der Waals surface area contributed by atoms with Crippen molar-refractivity contribution in [1.29, 1.82) is 0 Å². The zero-order valence-electron chi connectivity index (χ0n) is 19.5. The van der Waals surface area contributed by atoms with Crippen LogP contribution in [0.5, 0.6) is 0 Å². The molecule has 1 saturated heterocycles. The summed E-state index contributed by atoms with van der Waals surface area (Å²) in [5, 5.41) is 25.1. The van der Waals surface area contributed by atoms with Crippen LogP contribution in [0.4, 0.5) is 4.39 Å². The number of hydrogen-bond acceptors (Lipinski definition) is 5. The van der Waals surface area contributed by atoms with E-state index in [1.165, 1.54) is 22.3 Å². The molecule has 184 valence electrons. The number of nitrogens with zero attached hydrogens (tertiary/aromatic N) is 1. The molecule has 1 aromatic rings. The lowest BCUT2D eigenvalue weighted by molar-refractivity contribution is -0.153. The molecule has 1 aliphatic heterocycles. The highest BCUT2D eigenvalue weighted by atomic mass is 32.1. The summed E-state index contributed by atoms with van der Waals surface area (Å²) in [6.45, 7) is 13.5. The average molecular weight is 489 g/mol. The van der Waals surface area contributed by atoms with Crippen molar-refractivity contribution in [3.8, 4) is 0 Å². The molecule has 6 nitrogen and oxygen atoms in total. The number of amides is 2. The van der Waals surface area contributed by atoms with Gasteiger partial charge in [0.2, 0.25) is 0 Å². The van der Waals surface area contributed by atoms with Gasteiger partial charge in [-0.05, 0) is 60.4 Å². The smallest absolute Gasteiger partial charge is 0.255 e. The third kappa shape index (κ3) is 7.09. The van der Waals surface area contributed by atoms with E-state index in [2.05, 4.69) is 25.1 Å². The van der Waals surface area contributed by atoms with Gasteiger partial charge in [0.25, 0.3) is 11.8 Å². The fourth-order valence-electron chi connectivity index (χ4n) is 3.86. The van der Waals surface area contributed by atoms with Crippen molar-refractivity contribution in [1.82, 2.24) is 10.2 Å². The Morgan fingerprint density at radius 3 is 2.71 bits per heavy atom. The van der Waals surface area contributed by atoms with Crippen LogP contribution in [0.1, 0.15) is 30.2 Å². The number of hydrogen-bond donors (Lipinski definition) is 3. The van der Waals surface area contributed by atoms with E-state index in [1.807, 2.05) is 30.5 Å². The van der Waals surface area contributed by atoms with Crippen LogP contribution < -0.4 is 5.32 Å². The Hall–Kier alpha value is -2.81. The zero-order valence-corrected chi connectivity index (χ0v) is 20.3. The summed E-state index contributed by atoms with van der Waals surface area (Å²) in [6, 6.07) is 1.66. The zero-order chi connectivity index (χ0) is 25.3. The van der Waals surface area contributed by atoms with Crippen molar-refractivity contribution in [2.45, 2.75) is 50.9 Å². The Balaban J connectivity index is 1.87. The highest BCUT2D eigenvalue weighted by molar-refractivity contribution is 7.10. The van der Waals surface area contributed by atoms with Crippen LogP contribution in [-0.2, 0) is 22.4 Å². The Morgan fingerprint density at radius 2 is 2.06 bits per heavy atom. The van der Waals surface area contributed by atoms with Crippen molar-refractivity contribution in [3.05, 3.63) is 82.9 Å². The van der Waals surface area contributed by atoms with Gasteiger partial charge in [0, 0.05) is 24.4 Å². The molecule has 34 heavy (non-hydrogen) atoms. The number of likely N-dealkylation sites (tertiary alicyclic amines) is 1. The first-order valence-electron chi connectivity index (χ1n) is 11.2. The first-order valence-corrected chi connectivity index (χ1v) is 12.1. The van der Waals surface area contributed by atoms with Gasteiger partial charge in [-0.3, -0.25) is 9.59 Å². The third-order valence-electron chi connectivity index (χ3n) is 5.67. The molecule has 0 saturated carbocycles. The summed E-state index contributed by atoms with van der Waals surface area (Å²) in [6.07, 6.45) is 4.87. The van der Waals surface area contributed by atoms with Gasteiger partial charge in [0.05, 0.1) is 6.04 Å². The van der Waals surface area contributed by atoms with Gasteiger partial charge in [0.15, 0.2) is 12.2 Å². The van der Waals surface area contributed by atoms with E-state index in [0.717, 1.165) is 34.9 Å². The van der Waals surface area contributed by atoms with E-state index in [9.17, 15) is 24.2 Å². The molecular formula is C26H33FN2O4S. The van der Waals surface area contributed by atoms with Crippen molar-refractivity contribution >= 4 is 23.2 Å². The van der Waals surface area contributed by atoms with Crippen molar-refractivity contribution in [2.75, 3.05) is 13.1 Å². The van der Waals surface area contributed by atoms with E-state index in [4.69, 9.17) is 0 Å². The maximum atomic E-state index is 13.7. The minimum Gasteiger partial charge on any atom is -0.380 e. The lowest BCUT2D eigenvalue weighted by Gasteiger charge is -2.28. The Morgan fingerprint density at radius 1 is 1.32 bits per heavy atom. The van der Waals surface area contributed by atoms with Gasteiger partial charge in [-0.25, -0.2) is 4.39 Å². The number of carbonyl (C=O) groups excluding carboxylic acids is 2. The molecule has 0 radical (unpaired) electrons. The second-order valence-corrected chi connectivity index (χ2v) is 9.07. The molecule has 2 heterocycles. The Bertz CT molecular complexity index is 981. The first kappa shape index (κ1) is 27.4. The minimum atomic E-state index is -1.87. The van der Waals surface area contributed by atoms with Gasteiger partial charge in [-0.15, -0.1) is 11.3 Å². The second-order valence-electron chi connectivity index (χ2n) is 8.07. The van der Waals surface area contributed by atoms with E-state index in [1.54, 1.807) is 0 Å². The number of halogens is 1. The number of aliphatic hydroxyl groups excluding tert-OH is 2. The molecule has 2 amide bonds. The van der Waals surface area contributed by atoms with E-state index in [-0.39, 0.29) is 12.6 Å². The molecule has 1 aliphatic rings. The summed E-state index contributed by atoms with van der Waals surface area (Å²) in [7, 11) is 0. The molecule has 3 atom stereocenters. The Kier molecular flexibility index (Phi) is 10.6. The number of rotatable bonds is 12. The van der Waals surface area contributed by atoms with Crippen LogP contribution in [0, 0.1) is 0 Å². The summed E-state index contributed by atoms with van der Waals surface area (Å²) in [4.78, 5) is 27.5. The van der Waals surface area contributed by atoms with Gasteiger partial charge in [-0.1, -0.05) is 38.0 Å². The van der Waals surface area contributed by atoms with Gasteiger partial charge in [0.1, 0.15) is 5.83 Å². The highest BCUT2D eigenvalue weighted by Crippen LogP contribution is 2.25. The topological polar surface area (TPSA) is 89.9 Å². The number of carbonyl (C=O) groups is 2. The molecule has 0 aromatic carbocycles. The van der Waals surface area contributed by atoms with Crippen LogP contribution >= 0.6 is 11.3 Å². The molecule has 2 rings (SSSR count). The van der Waals surface area contributed by atoms with Gasteiger partial charge in [-0.2, -0.15) is 0 Å². The molecular weight excluding hydrogens is 455 g/mol. The average Bonchev–Trinajstić information content (AvgIpc) is 3.50. The first-order chi connectivity index (χ1) is 16.2. The molecule has 8 heteroatoms. The standard InChI is InChI=1S/C26H33FN2O4S/c1-5-9-17(4)22-10-8-13-29(22)26(33)24(31)23(30)25(32)28-12-11-20-15-18(16-34-20)14-19(6-2)21(27)7-3/h5-7,9,15-16,22-24,30-31H,2-4,8,10-14H2,1H3,(H,28,32)/b9-5-,21-19-. The maximum absolute atomic E-state index is 13.7. The molecule has 3 unspecified atom stereocenters. The summed E-state index contributed by atoms with van der Waals surface area (Å²) >= 11 is 1.47. The predicted molar refractivity (Wildman–Crippen MR) is 134 cm³/mol. The van der Waals surface area contributed by atoms with Crippen molar-refractivity contribution in [2.24, 2.45) is 0 Å². The van der Waals surface area contributed by atoms with Gasteiger partial charge >= 0.3 is 0 Å². The predicted octanol–water partition coefficient (Wildman–Crippen LogP) is 3.39. The lowest BCUT2D eigenvalue weighted by atomic mass is 10.0. The van der Waals surface area contributed by atoms with Gasteiger partial charge < -0.3 is 20.4 Å². The minimum absolute atomic E-state index is 0.215. The molecule has 0 bridgehead atoms. The Labute approximate surface area is 204 Å². The summed E-state index contributed by atoms with van der Waals surface area (Å²) in [5.74, 6) is -1.91. The van der Waals surface area contributed by atoms with E-state index in [0.29, 0.717) is 25.0 Å².